The fourth-order valence-electron chi connectivity index (χ4n) is 2.73. The summed E-state index contributed by atoms with van der Waals surface area (Å²) in [6, 6.07) is 13.4. The summed E-state index contributed by atoms with van der Waals surface area (Å²) in [4.78, 5) is 13.0. The highest BCUT2D eigenvalue weighted by Gasteiger charge is 2.16. The molecular formula is C16H12BrN5O. The van der Waals surface area contributed by atoms with Gasteiger partial charge in [0.2, 0.25) is 5.78 Å². The average molecular weight is 370 g/mol. The molecule has 114 valence electrons. The summed E-state index contributed by atoms with van der Waals surface area (Å²) >= 11 is 3.38. The smallest absolute Gasteiger partial charge is 0.265 e. The first kappa shape index (κ1) is 14.0. The van der Waals surface area contributed by atoms with Crippen molar-refractivity contribution < 1.29 is 0 Å². The van der Waals surface area contributed by atoms with Gasteiger partial charge >= 0.3 is 0 Å². The molecule has 2 aromatic heterocycles. The maximum Gasteiger partial charge on any atom is 0.265 e. The normalized spacial score (nSPS) is 11.3. The van der Waals surface area contributed by atoms with Gasteiger partial charge in [0.15, 0.2) is 0 Å². The Morgan fingerprint density at radius 1 is 1.13 bits per heavy atom. The number of nitrogens with two attached hydrogens (primary N) is 1. The molecule has 0 saturated carbocycles. The van der Waals surface area contributed by atoms with E-state index in [0.29, 0.717) is 33.4 Å². The van der Waals surface area contributed by atoms with E-state index in [1.807, 2.05) is 42.5 Å². The van der Waals surface area contributed by atoms with E-state index in [1.54, 1.807) is 15.3 Å². The third-order valence-corrected chi connectivity index (χ3v) is 4.54. The number of hydrogen-bond donors (Lipinski definition) is 1. The van der Waals surface area contributed by atoms with Gasteiger partial charge in [0, 0.05) is 4.47 Å². The van der Waals surface area contributed by atoms with Crippen LogP contribution in [0.25, 0.3) is 16.7 Å². The molecule has 0 amide bonds. The molecule has 0 aliphatic rings. The Hall–Kier alpha value is -2.67. The Morgan fingerprint density at radius 3 is 2.70 bits per heavy atom. The molecular weight excluding hydrogens is 358 g/mol. The third kappa shape index (κ3) is 2.12. The van der Waals surface area contributed by atoms with Crippen LogP contribution in [0.15, 0.2) is 58.1 Å². The molecule has 0 aliphatic heterocycles. The van der Waals surface area contributed by atoms with Crippen molar-refractivity contribution in [2.45, 2.75) is 6.54 Å². The standard InChI is InChI=1S/C16H12BrN5O/c17-11-6-7-12-13(14(11)18)15(23)21(16-20-19-9-22(12)16)8-10-4-2-1-3-5-10/h1-7,9H,8,18H2. The van der Waals surface area contributed by atoms with Gasteiger partial charge in [-0.1, -0.05) is 30.3 Å². The maximum atomic E-state index is 13.0. The molecule has 23 heavy (non-hydrogen) atoms. The van der Waals surface area contributed by atoms with E-state index in [0.717, 1.165) is 5.56 Å². The summed E-state index contributed by atoms with van der Waals surface area (Å²) < 4.78 is 4.07. The van der Waals surface area contributed by atoms with E-state index < -0.39 is 0 Å². The number of nitrogens with zero attached hydrogens (tertiary/aromatic N) is 4. The zero-order valence-corrected chi connectivity index (χ0v) is 13.6. The zero-order chi connectivity index (χ0) is 16.0. The lowest BCUT2D eigenvalue weighted by atomic mass is 10.2. The molecule has 7 heteroatoms. The average Bonchev–Trinajstić information content (AvgIpc) is 3.04. The van der Waals surface area contributed by atoms with Crippen molar-refractivity contribution in [1.82, 2.24) is 19.2 Å². The van der Waals surface area contributed by atoms with Gasteiger partial charge < -0.3 is 5.73 Å². The number of anilines is 1. The van der Waals surface area contributed by atoms with Crippen LogP contribution < -0.4 is 11.3 Å². The van der Waals surface area contributed by atoms with E-state index in [4.69, 9.17) is 5.73 Å². The Morgan fingerprint density at radius 2 is 1.91 bits per heavy atom. The minimum absolute atomic E-state index is 0.178. The van der Waals surface area contributed by atoms with Gasteiger partial charge in [-0.05, 0) is 33.6 Å². The first-order valence-corrected chi connectivity index (χ1v) is 7.80. The van der Waals surface area contributed by atoms with E-state index in [2.05, 4.69) is 26.1 Å². The van der Waals surface area contributed by atoms with Crippen LogP contribution in [0.3, 0.4) is 0 Å². The van der Waals surface area contributed by atoms with Crippen LogP contribution in [0.4, 0.5) is 5.69 Å². The van der Waals surface area contributed by atoms with Crippen LogP contribution in [0, 0.1) is 0 Å². The second-order valence-electron chi connectivity index (χ2n) is 5.23. The molecule has 0 radical (unpaired) electrons. The second kappa shape index (κ2) is 5.20. The highest BCUT2D eigenvalue weighted by molar-refractivity contribution is 9.10. The van der Waals surface area contributed by atoms with Crippen molar-refractivity contribution in [2.75, 3.05) is 5.73 Å². The van der Waals surface area contributed by atoms with E-state index in [1.165, 1.54) is 0 Å². The summed E-state index contributed by atoms with van der Waals surface area (Å²) in [5.74, 6) is 0.494. The second-order valence-corrected chi connectivity index (χ2v) is 6.09. The highest BCUT2D eigenvalue weighted by atomic mass is 79.9. The quantitative estimate of drug-likeness (QED) is 0.550. The van der Waals surface area contributed by atoms with Crippen molar-refractivity contribution in [3.05, 3.63) is 69.2 Å². The topological polar surface area (TPSA) is 78.2 Å². The lowest BCUT2D eigenvalue weighted by molar-refractivity contribution is 0.767. The lowest BCUT2D eigenvalue weighted by Crippen LogP contribution is -2.24. The Labute approximate surface area is 139 Å². The fourth-order valence-corrected chi connectivity index (χ4v) is 3.06. The SMILES string of the molecule is Nc1c(Br)ccc2c1c(=O)n(Cc1ccccc1)c1nncn21. The lowest BCUT2D eigenvalue weighted by Gasteiger charge is -2.12. The summed E-state index contributed by atoms with van der Waals surface area (Å²) in [6.07, 6.45) is 1.59. The number of hydrogen-bond acceptors (Lipinski definition) is 4. The fraction of sp³-hybridized carbons (Fsp3) is 0.0625. The number of aromatic nitrogens is 4. The number of rotatable bonds is 2. The first-order valence-electron chi connectivity index (χ1n) is 7.01. The molecule has 0 aliphatic carbocycles. The van der Waals surface area contributed by atoms with Crippen molar-refractivity contribution >= 4 is 38.3 Å². The minimum Gasteiger partial charge on any atom is -0.397 e. The third-order valence-electron chi connectivity index (χ3n) is 3.84. The Balaban J connectivity index is 2.10. The molecule has 2 heterocycles. The summed E-state index contributed by atoms with van der Waals surface area (Å²) in [6.45, 7) is 0.407. The van der Waals surface area contributed by atoms with Crippen LogP contribution in [0.1, 0.15) is 5.56 Å². The highest BCUT2D eigenvalue weighted by Crippen LogP contribution is 2.26. The van der Waals surface area contributed by atoms with E-state index in [9.17, 15) is 4.79 Å². The number of fused-ring (bicyclic) bond motifs is 3. The van der Waals surface area contributed by atoms with Gasteiger partial charge in [-0.2, -0.15) is 0 Å². The molecule has 0 atom stereocenters. The van der Waals surface area contributed by atoms with Crippen molar-refractivity contribution in [1.29, 1.82) is 0 Å². The van der Waals surface area contributed by atoms with Crippen molar-refractivity contribution in [2.24, 2.45) is 0 Å². The van der Waals surface area contributed by atoms with Gasteiger partial charge in [-0.15, -0.1) is 10.2 Å². The monoisotopic (exact) mass is 369 g/mol. The maximum absolute atomic E-state index is 13.0. The number of benzene rings is 2. The zero-order valence-electron chi connectivity index (χ0n) is 12.0. The van der Waals surface area contributed by atoms with Crippen LogP contribution in [-0.2, 0) is 6.54 Å². The van der Waals surface area contributed by atoms with Crippen LogP contribution in [0.2, 0.25) is 0 Å². The van der Waals surface area contributed by atoms with Crippen LogP contribution in [0.5, 0.6) is 0 Å². The number of halogens is 1. The van der Waals surface area contributed by atoms with Gasteiger partial charge in [-0.25, -0.2) is 0 Å². The van der Waals surface area contributed by atoms with Gasteiger partial charge in [0.25, 0.3) is 5.56 Å². The molecule has 0 spiro atoms. The van der Waals surface area contributed by atoms with Crippen LogP contribution >= 0.6 is 15.9 Å². The predicted molar refractivity (Wildman–Crippen MR) is 92.4 cm³/mol. The minimum atomic E-state index is -0.178. The summed E-state index contributed by atoms with van der Waals surface area (Å²) in [7, 11) is 0. The van der Waals surface area contributed by atoms with Gasteiger partial charge in [0.1, 0.15) is 6.33 Å². The van der Waals surface area contributed by atoms with Crippen LogP contribution in [-0.4, -0.2) is 19.2 Å². The molecule has 4 rings (SSSR count). The Bertz CT molecular complexity index is 1080. The molecule has 4 aromatic rings. The summed E-state index contributed by atoms with van der Waals surface area (Å²) in [5.41, 5.74) is 8.07. The molecule has 0 bridgehead atoms. The molecule has 2 aromatic carbocycles. The number of nitrogen functional groups attached to an aromatic ring is 1. The van der Waals surface area contributed by atoms with Gasteiger partial charge in [-0.3, -0.25) is 13.8 Å². The van der Waals surface area contributed by atoms with Crippen molar-refractivity contribution in [3.8, 4) is 0 Å². The predicted octanol–water partition coefficient (Wildman–Crippen LogP) is 2.44. The molecule has 0 saturated heterocycles. The van der Waals surface area contributed by atoms with Crippen molar-refractivity contribution in [3.63, 3.8) is 0 Å². The van der Waals surface area contributed by atoms with Gasteiger partial charge in [0.05, 0.1) is 23.1 Å². The molecule has 0 fully saturated rings. The summed E-state index contributed by atoms with van der Waals surface area (Å²) in [5, 5.41) is 8.51. The first-order chi connectivity index (χ1) is 11.2. The molecule has 2 N–H and O–H groups in total. The van der Waals surface area contributed by atoms with E-state index in [-0.39, 0.29) is 5.56 Å². The Kier molecular flexibility index (Phi) is 3.16. The van der Waals surface area contributed by atoms with E-state index >= 15 is 0 Å². The molecule has 0 unspecified atom stereocenters. The molecule has 6 nitrogen and oxygen atoms in total. The largest absolute Gasteiger partial charge is 0.397 e.